The maximum absolute atomic E-state index is 5.45. The summed E-state index contributed by atoms with van der Waals surface area (Å²) in [6.07, 6.45) is 1.16. The van der Waals surface area contributed by atoms with E-state index in [4.69, 9.17) is 4.74 Å². The number of ether oxygens (including phenoxy) is 1. The van der Waals surface area contributed by atoms with Gasteiger partial charge in [-0.1, -0.05) is 0 Å². The molecule has 7 heteroatoms. The quantitative estimate of drug-likeness (QED) is 0.401. The largest absolute Gasteiger partial charge is 0.381 e. The lowest BCUT2D eigenvalue weighted by molar-refractivity contribution is 0.116. The van der Waals surface area contributed by atoms with Crippen molar-refractivity contribution in [3.63, 3.8) is 0 Å². The number of hydrogen-bond donors (Lipinski definition) is 1. The first-order valence-corrected chi connectivity index (χ1v) is 7.98. The molecule has 22 heavy (non-hydrogen) atoms. The van der Waals surface area contributed by atoms with E-state index in [-0.39, 0.29) is 24.0 Å². The first kappa shape index (κ1) is 19.9. The second kappa shape index (κ2) is 9.89. The van der Waals surface area contributed by atoms with Crippen LogP contribution >= 0.6 is 24.0 Å². The summed E-state index contributed by atoms with van der Waals surface area (Å²) >= 11 is 0. The molecule has 0 radical (unpaired) electrons. The number of likely N-dealkylation sites (N-methyl/N-ethyl adjacent to an activating group) is 2. The molecule has 2 aliphatic rings. The van der Waals surface area contributed by atoms with Crippen LogP contribution in [0.1, 0.15) is 6.42 Å². The summed E-state index contributed by atoms with van der Waals surface area (Å²) in [5.41, 5.74) is 0. The van der Waals surface area contributed by atoms with Gasteiger partial charge in [0, 0.05) is 65.4 Å². The number of rotatable bonds is 4. The summed E-state index contributed by atoms with van der Waals surface area (Å²) in [6, 6.07) is 0.545. The fourth-order valence-electron chi connectivity index (χ4n) is 3.12. The smallest absolute Gasteiger partial charge is 0.193 e. The van der Waals surface area contributed by atoms with E-state index in [1.807, 2.05) is 7.05 Å². The predicted octanol–water partition coefficient (Wildman–Crippen LogP) is 0.394. The topological polar surface area (TPSA) is 43.3 Å². The van der Waals surface area contributed by atoms with Crippen LogP contribution in [0.5, 0.6) is 0 Å². The van der Waals surface area contributed by atoms with Gasteiger partial charge in [0.25, 0.3) is 0 Å². The third kappa shape index (κ3) is 5.82. The van der Waals surface area contributed by atoms with Crippen LogP contribution in [0.2, 0.25) is 0 Å². The summed E-state index contributed by atoms with van der Waals surface area (Å²) in [5, 5.41) is 3.53. The molecule has 0 aromatic carbocycles. The van der Waals surface area contributed by atoms with Gasteiger partial charge < -0.3 is 19.9 Å². The maximum Gasteiger partial charge on any atom is 0.193 e. The molecule has 0 spiro atoms. The maximum atomic E-state index is 5.45. The van der Waals surface area contributed by atoms with Crippen LogP contribution in [-0.2, 0) is 4.74 Å². The minimum atomic E-state index is 0. The molecule has 6 nitrogen and oxygen atoms in total. The van der Waals surface area contributed by atoms with Gasteiger partial charge in [0.05, 0.1) is 6.61 Å². The summed E-state index contributed by atoms with van der Waals surface area (Å²) in [6.45, 7) is 7.15. The predicted molar refractivity (Wildman–Crippen MR) is 102 cm³/mol. The van der Waals surface area contributed by atoms with Crippen molar-refractivity contribution in [3.05, 3.63) is 0 Å². The monoisotopic (exact) mass is 425 g/mol. The van der Waals surface area contributed by atoms with Crippen LogP contribution in [0.25, 0.3) is 0 Å². The normalized spacial score (nSPS) is 27.5. The summed E-state index contributed by atoms with van der Waals surface area (Å²) in [7, 11) is 8.38. The van der Waals surface area contributed by atoms with Gasteiger partial charge in [-0.25, -0.2) is 0 Å². The van der Waals surface area contributed by atoms with Crippen LogP contribution in [0, 0.1) is 5.92 Å². The molecule has 0 saturated carbocycles. The van der Waals surface area contributed by atoms with Crippen molar-refractivity contribution in [2.45, 2.75) is 12.5 Å². The summed E-state index contributed by atoms with van der Waals surface area (Å²) < 4.78 is 5.45. The minimum absolute atomic E-state index is 0. The van der Waals surface area contributed by atoms with E-state index in [9.17, 15) is 0 Å². The standard InChI is InChI=1S/C15H31N5O.HI/c1-16-15(20(4)10-13-5-8-21-12-13)17-9-14-11-18(2)6-7-19(14)3;/h13-14H,5-12H2,1-4H3,(H,16,17);1H. The van der Waals surface area contributed by atoms with E-state index in [0.29, 0.717) is 12.0 Å². The second-order valence-corrected chi connectivity index (χ2v) is 6.43. The Labute approximate surface area is 152 Å². The lowest BCUT2D eigenvalue weighted by Crippen LogP contribution is -2.55. The molecule has 2 unspecified atom stereocenters. The van der Waals surface area contributed by atoms with Gasteiger partial charge in [0.2, 0.25) is 0 Å². The summed E-state index contributed by atoms with van der Waals surface area (Å²) in [4.78, 5) is 11.5. The Hall–Kier alpha value is -0.120. The zero-order chi connectivity index (χ0) is 15.2. The molecule has 130 valence electrons. The summed E-state index contributed by atoms with van der Waals surface area (Å²) in [5.74, 6) is 1.63. The van der Waals surface area contributed by atoms with Crippen molar-refractivity contribution in [1.82, 2.24) is 20.0 Å². The lowest BCUT2D eigenvalue weighted by atomic mass is 10.1. The minimum Gasteiger partial charge on any atom is -0.381 e. The molecule has 0 aromatic rings. The van der Waals surface area contributed by atoms with Crippen molar-refractivity contribution >= 4 is 29.9 Å². The number of halogens is 1. The van der Waals surface area contributed by atoms with Gasteiger partial charge in [-0.05, 0) is 20.5 Å². The highest BCUT2D eigenvalue weighted by molar-refractivity contribution is 14.0. The molecular weight excluding hydrogens is 393 g/mol. The average molecular weight is 425 g/mol. The van der Waals surface area contributed by atoms with Gasteiger partial charge in [0.1, 0.15) is 0 Å². The Morgan fingerprint density at radius 3 is 2.77 bits per heavy atom. The van der Waals surface area contributed by atoms with Crippen LogP contribution < -0.4 is 5.32 Å². The highest BCUT2D eigenvalue weighted by Crippen LogP contribution is 2.13. The van der Waals surface area contributed by atoms with E-state index in [1.54, 1.807) is 0 Å². The number of guanidine groups is 1. The van der Waals surface area contributed by atoms with Crippen molar-refractivity contribution in [3.8, 4) is 0 Å². The molecule has 2 fully saturated rings. The van der Waals surface area contributed by atoms with Gasteiger partial charge in [-0.15, -0.1) is 24.0 Å². The Bertz CT molecular complexity index is 349. The number of nitrogens with one attached hydrogen (secondary N) is 1. The zero-order valence-electron chi connectivity index (χ0n) is 14.4. The van der Waals surface area contributed by atoms with E-state index in [2.05, 4.69) is 46.2 Å². The molecule has 2 rings (SSSR count). The highest BCUT2D eigenvalue weighted by atomic mass is 127. The van der Waals surface area contributed by atoms with Gasteiger partial charge >= 0.3 is 0 Å². The molecular formula is C15H32IN5O. The molecule has 2 saturated heterocycles. The molecule has 0 aromatic heterocycles. The molecule has 1 N–H and O–H groups in total. The number of aliphatic imine (C=N–C) groups is 1. The first-order valence-electron chi connectivity index (χ1n) is 7.98. The Morgan fingerprint density at radius 2 is 2.14 bits per heavy atom. The van der Waals surface area contributed by atoms with Crippen LogP contribution in [0.15, 0.2) is 4.99 Å². The Balaban J connectivity index is 0.00000242. The SMILES string of the molecule is CN=C(NCC1CN(C)CCN1C)N(C)CC1CCOC1.I. The van der Waals surface area contributed by atoms with E-state index in [1.165, 1.54) is 0 Å². The number of nitrogens with zero attached hydrogens (tertiary/aromatic N) is 4. The van der Waals surface area contributed by atoms with Crippen LogP contribution in [0.4, 0.5) is 0 Å². The molecule has 0 bridgehead atoms. The first-order chi connectivity index (χ1) is 10.1. The molecule has 2 atom stereocenters. The zero-order valence-corrected chi connectivity index (χ0v) is 16.7. The lowest BCUT2D eigenvalue weighted by Gasteiger charge is -2.38. The Kier molecular flexibility index (Phi) is 8.96. The van der Waals surface area contributed by atoms with Gasteiger partial charge in [-0.3, -0.25) is 9.89 Å². The number of hydrogen-bond acceptors (Lipinski definition) is 4. The van der Waals surface area contributed by atoms with Crippen LogP contribution in [0.3, 0.4) is 0 Å². The second-order valence-electron chi connectivity index (χ2n) is 6.43. The van der Waals surface area contributed by atoms with Crippen molar-refractivity contribution in [2.24, 2.45) is 10.9 Å². The average Bonchev–Trinajstić information content (AvgIpc) is 2.96. The van der Waals surface area contributed by atoms with Gasteiger partial charge in [-0.2, -0.15) is 0 Å². The molecule has 2 heterocycles. The fourth-order valence-corrected chi connectivity index (χ4v) is 3.12. The fraction of sp³-hybridized carbons (Fsp3) is 0.933. The Morgan fingerprint density at radius 1 is 1.36 bits per heavy atom. The molecule has 2 aliphatic heterocycles. The molecule has 0 amide bonds. The molecule has 0 aliphatic carbocycles. The number of piperazine rings is 1. The van der Waals surface area contributed by atoms with Crippen molar-refractivity contribution in [2.75, 3.05) is 74.1 Å². The third-order valence-corrected chi connectivity index (χ3v) is 4.61. The van der Waals surface area contributed by atoms with E-state index >= 15 is 0 Å². The highest BCUT2D eigenvalue weighted by Gasteiger charge is 2.23. The van der Waals surface area contributed by atoms with Crippen molar-refractivity contribution < 1.29 is 4.74 Å². The van der Waals surface area contributed by atoms with Crippen LogP contribution in [-0.4, -0.2) is 101 Å². The van der Waals surface area contributed by atoms with E-state index in [0.717, 1.165) is 58.3 Å². The van der Waals surface area contributed by atoms with Crippen molar-refractivity contribution in [1.29, 1.82) is 0 Å². The third-order valence-electron chi connectivity index (χ3n) is 4.61. The van der Waals surface area contributed by atoms with E-state index < -0.39 is 0 Å². The van der Waals surface area contributed by atoms with Gasteiger partial charge in [0.15, 0.2) is 5.96 Å².